The largest absolute Gasteiger partial charge is 0.444 e. The third-order valence-electron chi connectivity index (χ3n) is 4.68. The number of anilines is 1. The van der Waals surface area contributed by atoms with Crippen molar-refractivity contribution in [3.63, 3.8) is 0 Å². The van der Waals surface area contributed by atoms with Gasteiger partial charge in [-0.15, -0.1) is 12.4 Å². The molecule has 29 heavy (non-hydrogen) atoms. The first kappa shape index (κ1) is 20.9. The summed E-state index contributed by atoms with van der Waals surface area (Å²) in [5, 5.41) is 9.77. The Morgan fingerprint density at radius 3 is 2.59 bits per heavy atom. The summed E-state index contributed by atoms with van der Waals surface area (Å²) in [7, 11) is 0. The van der Waals surface area contributed by atoms with Crippen molar-refractivity contribution >= 4 is 35.4 Å². The number of benzene rings is 2. The molecule has 2 heterocycles. The highest BCUT2D eigenvalue weighted by atomic mass is 35.5. The molecule has 0 radical (unpaired) electrons. The smallest absolute Gasteiger partial charge is 0.418 e. The minimum Gasteiger partial charge on any atom is -0.444 e. The van der Waals surface area contributed by atoms with Crippen LogP contribution in [0.4, 0.5) is 10.7 Å². The number of β-amino-alcohol motifs (C(OH)–C–C–N with tert-alkyl or cyclic N) is 1. The van der Waals surface area contributed by atoms with Crippen molar-refractivity contribution in [2.75, 3.05) is 24.7 Å². The SMILES string of the molecule is Cl.O=C(OCc1ccccc1)N1CN(CCO)Cc2c1oc1ccccc1c2=O. The van der Waals surface area contributed by atoms with Gasteiger partial charge in [-0.2, -0.15) is 0 Å². The van der Waals surface area contributed by atoms with E-state index in [9.17, 15) is 14.7 Å². The van der Waals surface area contributed by atoms with Gasteiger partial charge >= 0.3 is 6.09 Å². The molecule has 0 fully saturated rings. The molecule has 2 aromatic carbocycles. The van der Waals surface area contributed by atoms with Gasteiger partial charge in [0.15, 0.2) is 5.43 Å². The molecule has 0 saturated carbocycles. The Morgan fingerprint density at radius 1 is 1.10 bits per heavy atom. The highest BCUT2D eigenvalue weighted by molar-refractivity contribution is 5.89. The normalized spacial score (nSPS) is 13.6. The topological polar surface area (TPSA) is 83.2 Å². The number of nitrogens with zero attached hydrogens (tertiary/aromatic N) is 2. The average Bonchev–Trinajstić information content (AvgIpc) is 2.73. The molecule has 0 bridgehead atoms. The highest BCUT2D eigenvalue weighted by Gasteiger charge is 2.32. The second-order valence-electron chi connectivity index (χ2n) is 6.60. The van der Waals surface area contributed by atoms with E-state index in [0.717, 1.165) is 5.56 Å². The second-order valence-corrected chi connectivity index (χ2v) is 6.60. The molecule has 0 spiro atoms. The monoisotopic (exact) mass is 416 g/mol. The summed E-state index contributed by atoms with van der Waals surface area (Å²) in [4.78, 5) is 28.8. The van der Waals surface area contributed by atoms with Crippen molar-refractivity contribution in [2.24, 2.45) is 0 Å². The number of hydrogen-bond donors (Lipinski definition) is 1. The first-order valence-corrected chi connectivity index (χ1v) is 9.03. The summed E-state index contributed by atoms with van der Waals surface area (Å²) in [5.41, 5.74) is 1.48. The number of carbonyl (C=O) groups is 1. The standard InChI is InChI=1S/C21H20N2O5.ClH/c24-11-10-22-12-17-19(25)16-8-4-5-9-18(16)28-20(17)23(14-22)21(26)27-13-15-6-2-1-3-7-15;/h1-9,24H,10-14H2;1H. The lowest BCUT2D eigenvalue weighted by atomic mass is 10.1. The van der Waals surface area contributed by atoms with Crippen LogP contribution >= 0.6 is 12.4 Å². The molecule has 152 valence electrons. The fraction of sp³-hybridized carbons (Fsp3) is 0.238. The Labute approximate surface area is 173 Å². The first-order chi connectivity index (χ1) is 13.7. The third kappa shape index (κ3) is 4.27. The number of halogens is 1. The Morgan fingerprint density at radius 2 is 1.83 bits per heavy atom. The van der Waals surface area contributed by atoms with Crippen LogP contribution in [0.2, 0.25) is 0 Å². The predicted octanol–water partition coefficient (Wildman–Crippen LogP) is 3.12. The molecule has 4 rings (SSSR count). The maximum absolute atomic E-state index is 12.9. The molecular formula is C21H21ClN2O5. The van der Waals surface area contributed by atoms with E-state index in [4.69, 9.17) is 9.15 Å². The van der Waals surface area contributed by atoms with Gasteiger partial charge in [0, 0.05) is 13.1 Å². The summed E-state index contributed by atoms with van der Waals surface area (Å²) >= 11 is 0. The number of amides is 1. The molecule has 1 N–H and O–H groups in total. The highest BCUT2D eigenvalue weighted by Crippen LogP contribution is 2.29. The van der Waals surface area contributed by atoms with E-state index < -0.39 is 6.09 Å². The van der Waals surface area contributed by atoms with Crippen LogP contribution in [-0.2, 0) is 17.9 Å². The number of aliphatic hydroxyl groups is 1. The molecule has 8 heteroatoms. The molecule has 1 aliphatic heterocycles. The Balaban J connectivity index is 0.00000240. The average molecular weight is 417 g/mol. The molecule has 1 aromatic heterocycles. The molecule has 0 atom stereocenters. The molecule has 1 amide bonds. The molecule has 0 aliphatic carbocycles. The predicted molar refractivity (Wildman–Crippen MR) is 111 cm³/mol. The molecule has 3 aromatic rings. The lowest BCUT2D eigenvalue weighted by molar-refractivity contribution is 0.130. The zero-order chi connectivity index (χ0) is 19.5. The van der Waals surface area contributed by atoms with Crippen molar-refractivity contribution in [1.82, 2.24) is 4.90 Å². The summed E-state index contributed by atoms with van der Waals surface area (Å²) in [6.45, 7) is 0.826. The van der Waals surface area contributed by atoms with E-state index in [2.05, 4.69) is 0 Å². The quantitative estimate of drug-likeness (QED) is 0.703. The van der Waals surface area contributed by atoms with Crippen LogP contribution in [0.5, 0.6) is 0 Å². The van der Waals surface area contributed by atoms with Gasteiger partial charge in [-0.25, -0.2) is 9.69 Å². The fourth-order valence-electron chi connectivity index (χ4n) is 3.29. The van der Waals surface area contributed by atoms with Crippen molar-refractivity contribution < 1.29 is 19.1 Å². The molecule has 0 unspecified atom stereocenters. The summed E-state index contributed by atoms with van der Waals surface area (Å²) in [6, 6.07) is 16.3. The van der Waals surface area contributed by atoms with Crippen molar-refractivity contribution in [3.8, 4) is 0 Å². The van der Waals surface area contributed by atoms with Gasteiger partial charge in [-0.05, 0) is 17.7 Å². The minimum atomic E-state index is -0.605. The van der Waals surface area contributed by atoms with Crippen molar-refractivity contribution in [1.29, 1.82) is 0 Å². The lowest BCUT2D eigenvalue weighted by Crippen LogP contribution is -2.48. The Hall–Kier alpha value is -2.87. The van der Waals surface area contributed by atoms with Crippen LogP contribution in [0.25, 0.3) is 11.0 Å². The van der Waals surface area contributed by atoms with Crippen LogP contribution in [0.15, 0.2) is 63.8 Å². The summed E-state index contributed by atoms with van der Waals surface area (Å²) < 4.78 is 11.4. The lowest BCUT2D eigenvalue weighted by Gasteiger charge is -2.34. The number of hydrogen-bond acceptors (Lipinski definition) is 6. The van der Waals surface area contributed by atoms with E-state index in [0.29, 0.717) is 29.6 Å². The zero-order valence-electron chi connectivity index (χ0n) is 15.6. The number of fused-ring (bicyclic) bond motifs is 2. The number of para-hydroxylation sites is 1. The van der Waals surface area contributed by atoms with Crippen LogP contribution in [0.3, 0.4) is 0 Å². The van der Waals surface area contributed by atoms with Gasteiger partial charge in [-0.3, -0.25) is 9.69 Å². The van der Waals surface area contributed by atoms with Crippen LogP contribution < -0.4 is 10.3 Å². The fourth-order valence-corrected chi connectivity index (χ4v) is 3.29. The van der Waals surface area contributed by atoms with E-state index in [1.165, 1.54) is 4.90 Å². The van der Waals surface area contributed by atoms with Crippen LogP contribution in [0.1, 0.15) is 11.1 Å². The number of carbonyl (C=O) groups excluding carboxylic acids is 1. The van der Waals surface area contributed by atoms with Crippen molar-refractivity contribution in [3.05, 3.63) is 75.9 Å². The van der Waals surface area contributed by atoms with Crippen LogP contribution in [0, 0.1) is 0 Å². The zero-order valence-corrected chi connectivity index (χ0v) is 16.4. The Bertz CT molecular complexity index is 1050. The molecule has 1 aliphatic rings. The Kier molecular flexibility index (Phi) is 6.53. The number of ether oxygens (including phenoxy) is 1. The maximum Gasteiger partial charge on any atom is 0.418 e. The maximum atomic E-state index is 12.9. The van der Waals surface area contributed by atoms with Gasteiger partial charge < -0.3 is 14.3 Å². The van der Waals surface area contributed by atoms with E-state index >= 15 is 0 Å². The molecular weight excluding hydrogens is 396 g/mol. The van der Waals surface area contributed by atoms with E-state index in [1.807, 2.05) is 30.3 Å². The van der Waals surface area contributed by atoms with E-state index in [1.54, 1.807) is 29.2 Å². The minimum absolute atomic E-state index is 0. The van der Waals surface area contributed by atoms with Crippen LogP contribution in [-0.4, -0.2) is 35.9 Å². The summed E-state index contributed by atoms with van der Waals surface area (Å²) in [6.07, 6.45) is -0.605. The van der Waals surface area contributed by atoms with Gasteiger partial charge in [-0.1, -0.05) is 42.5 Å². The van der Waals surface area contributed by atoms with Gasteiger partial charge in [0.1, 0.15) is 12.2 Å². The van der Waals surface area contributed by atoms with Crippen molar-refractivity contribution in [2.45, 2.75) is 13.2 Å². The molecule has 0 saturated heterocycles. The second kappa shape index (κ2) is 9.09. The molecule has 7 nitrogen and oxygen atoms in total. The van der Waals surface area contributed by atoms with Gasteiger partial charge in [0.05, 0.1) is 24.2 Å². The summed E-state index contributed by atoms with van der Waals surface area (Å²) in [5.74, 6) is 0.205. The number of rotatable bonds is 4. The van der Waals surface area contributed by atoms with Gasteiger partial charge in [0.2, 0.25) is 5.88 Å². The first-order valence-electron chi connectivity index (χ1n) is 9.03. The third-order valence-corrected chi connectivity index (χ3v) is 4.68. The van der Waals surface area contributed by atoms with E-state index in [-0.39, 0.29) is 43.6 Å². The van der Waals surface area contributed by atoms with Gasteiger partial charge in [0.25, 0.3) is 0 Å². The number of aliphatic hydroxyl groups excluding tert-OH is 1.